The van der Waals surface area contributed by atoms with Crippen LogP contribution < -0.4 is 10.6 Å². The average Bonchev–Trinajstić information content (AvgIpc) is 2.85. The van der Waals surface area contributed by atoms with E-state index < -0.39 is 16.6 Å². The Morgan fingerprint density at radius 1 is 1.39 bits per heavy atom. The average molecular weight is 327 g/mol. The van der Waals surface area contributed by atoms with Gasteiger partial charge in [0.05, 0.1) is 12.6 Å². The number of nitrogens with zero attached hydrogens (tertiary/aromatic N) is 1. The van der Waals surface area contributed by atoms with E-state index in [0.29, 0.717) is 18.8 Å². The van der Waals surface area contributed by atoms with Gasteiger partial charge >= 0.3 is 12.0 Å². The van der Waals surface area contributed by atoms with Crippen molar-refractivity contribution in [3.05, 3.63) is 28.0 Å². The minimum Gasteiger partial charge on any atom is -0.444 e. The molecule has 130 valence electrons. The number of carbonyl (C=O) groups excluding carboxylic acids is 1. The summed E-state index contributed by atoms with van der Waals surface area (Å²) in [5.74, 6) is 0.435. The molecule has 8 nitrogen and oxygen atoms in total. The third-order valence-corrected chi connectivity index (χ3v) is 3.04. The second-order valence-electron chi connectivity index (χ2n) is 6.61. The van der Waals surface area contributed by atoms with Gasteiger partial charge in [0, 0.05) is 12.6 Å². The Kier molecular flexibility index (Phi) is 6.56. The monoisotopic (exact) mass is 327 g/mol. The molecule has 23 heavy (non-hydrogen) atoms. The standard InChI is InChI=1S/C15H25N3O5/c1-10(2)12(9-17-14(19)23-15(3,4)5)16-8-11-6-7-13(22-11)18(20)21/h6-7,10,12,16H,8-9H2,1-5H3,(H,17,19). The summed E-state index contributed by atoms with van der Waals surface area (Å²) in [6.07, 6.45) is -0.474. The quantitative estimate of drug-likeness (QED) is 0.589. The first-order valence-corrected chi connectivity index (χ1v) is 7.52. The minimum atomic E-state index is -0.576. The maximum absolute atomic E-state index is 11.7. The van der Waals surface area contributed by atoms with Gasteiger partial charge in [-0.1, -0.05) is 13.8 Å². The zero-order valence-electron chi connectivity index (χ0n) is 14.2. The van der Waals surface area contributed by atoms with Crippen LogP contribution in [-0.4, -0.2) is 29.2 Å². The summed E-state index contributed by atoms with van der Waals surface area (Å²) < 4.78 is 10.3. The molecule has 0 radical (unpaired) electrons. The molecular weight excluding hydrogens is 302 g/mol. The van der Waals surface area contributed by atoms with Crippen molar-refractivity contribution in [1.29, 1.82) is 0 Å². The Balaban J connectivity index is 2.48. The van der Waals surface area contributed by atoms with Gasteiger partial charge in [-0.3, -0.25) is 10.1 Å². The summed E-state index contributed by atoms with van der Waals surface area (Å²) in [5.41, 5.74) is -0.544. The molecule has 1 amide bonds. The lowest BCUT2D eigenvalue weighted by atomic mass is 10.0. The predicted octanol–water partition coefficient (Wildman–Crippen LogP) is 2.83. The summed E-state index contributed by atoms with van der Waals surface area (Å²) in [4.78, 5) is 21.7. The highest BCUT2D eigenvalue weighted by Crippen LogP contribution is 2.15. The molecule has 0 bridgehead atoms. The fourth-order valence-corrected chi connectivity index (χ4v) is 1.84. The van der Waals surface area contributed by atoms with Crippen LogP contribution in [0.25, 0.3) is 0 Å². The third-order valence-electron chi connectivity index (χ3n) is 3.04. The van der Waals surface area contributed by atoms with Gasteiger partial charge in [-0.05, 0) is 32.8 Å². The lowest BCUT2D eigenvalue weighted by molar-refractivity contribution is -0.402. The van der Waals surface area contributed by atoms with Gasteiger partial charge < -0.3 is 19.8 Å². The number of amides is 1. The maximum Gasteiger partial charge on any atom is 0.433 e. The van der Waals surface area contributed by atoms with Crippen LogP contribution in [0.3, 0.4) is 0 Å². The number of hydrogen-bond donors (Lipinski definition) is 2. The van der Waals surface area contributed by atoms with Crippen LogP contribution in [0, 0.1) is 16.0 Å². The van der Waals surface area contributed by atoms with Crippen LogP contribution in [0.5, 0.6) is 0 Å². The number of nitro groups is 1. The molecule has 1 atom stereocenters. The lowest BCUT2D eigenvalue weighted by Crippen LogP contribution is -2.45. The summed E-state index contributed by atoms with van der Waals surface area (Å²) in [6, 6.07) is 2.86. The molecule has 1 rings (SSSR count). The van der Waals surface area contributed by atoms with Crippen molar-refractivity contribution in [2.75, 3.05) is 6.54 Å². The van der Waals surface area contributed by atoms with Crippen molar-refractivity contribution < 1.29 is 18.9 Å². The molecule has 0 fully saturated rings. The molecule has 0 saturated carbocycles. The number of hydrogen-bond acceptors (Lipinski definition) is 6. The molecule has 1 aromatic heterocycles. The fraction of sp³-hybridized carbons (Fsp3) is 0.667. The normalized spacial score (nSPS) is 13.0. The maximum atomic E-state index is 11.7. The molecule has 1 aromatic rings. The predicted molar refractivity (Wildman–Crippen MR) is 85.1 cm³/mol. The van der Waals surface area contributed by atoms with E-state index in [-0.39, 0.29) is 17.8 Å². The van der Waals surface area contributed by atoms with E-state index in [1.165, 1.54) is 6.07 Å². The number of alkyl carbamates (subject to hydrolysis) is 1. The molecule has 1 heterocycles. The van der Waals surface area contributed by atoms with Crippen LogP contribution in [0.4, 0.5) is 10.7 Å². The van der Waals surface area contributed by atoms with Crippen molar-refractivity contribution in [2.24, 2.45) is 5.92 Å². The van der Waals surface area contributed by atoms with E-state index in [1.807, 2.05) is 13.8 Å². The largest absolute Gasteiger partial charge is 0.444 e. The van der Waals surface area contributed by atoms with Crippen LogP contribution in [0.1, 0.15) is 40.4 Å². The van der Waals surface area contributed by atoms with E-state index in [4.69, 9.17) is 9.15 Å². The second kappa shape index (κ2) is 7.96. The molecule has 0 aromatic carbocycles. The van der Waals surface area contributed by atoms with Crippen molar-refractivity contribution in [3.63, 3.8) is 0 Å². The number of nitrogens with one attached hydrogen (secondary N) is 2. The van der Waals surface area contributed by atoms with Gasteiger partial charge in [-0.25, -0.2) is 4.79 Å². The number of furan rings is 1. The minimum absolute atomic E-state index is 0.0216. The van der Waals surface area contributed by atoms with Crippen LogP contribution in [0.15, 0.2) is 16.5 Å². The lowest BCUT2D eigenvalue weighted by Gasteiger charge is -2.24. The summed E-state index contributed by atoms with van der Waals surface area (Å²) in [6.45, 7) is 10.2. The number of carbonyl (C=O) groups is 1. The zero-order valence-corrected chi connectivity index (χ0v) is 14.2. The Bertz CT molecular complexity index is 533. The highest BCUT2D eigenvalue weighted by Gasteiger charge is 2.19. The molecule has 0 spiro atoms. The second-order valence-corrected chi connectivity index (χ2v) is 6.61. The molecule has 1 unspecified atom stereocenters. The molecule has 8 heteroatoms. The summed E-state index contributed by atoms with van der Waals surface area (Å²) in [5, 5.41) is 16.5. The van der Waals surface area contributed by atoms with Crippen LogP contribution in [-0.2, 0) is 11.3 Å². The van der Waals surface area contributed by atoms with E-state index in [2.05, 4.69) is 10.6 Å². The van der Waals surface area contributed by atoms with Gasteiger partial charge in [-0.15, -0.1) is 0 Å². The van der Waals surface area contributed by atoms with Crippen molar-refractivity contribution >= 4 is 12.0 Å². The van der Waals surface area contributed by atoms with Crippen LogP contribution >= 0.6 is 0 Å². The first-order chi connectivity index (χ1) is 10.6. The first kappa shape index (κ1) is 19.0. The Morgan fingerprint density at radius 2 is 2.04 bits per heavy atom. The van der Waals surface area contributed by atoms with Gasteiger partial charge in [0.2, 0.25) is 0 Å². The zero-order chi connectivity index (χ0) is 17.6. The topological polar surface area (TPSA) is 107 Å². The van der Waals surface area contributed by atoms with Gasteiger partial charge in [0.15, 0.2) is 0 Å². The van der Waals surface area contributed by atoms with Gasteiger partial charge in [0.1, 0.15) is 16.3 Å². The molecule has 0 aliphatic heterocycles. The van der Waals surface area contributed by atoms with Crippen molar-refractivity contribution in [3.8, 4) is 0 Å². The molecule has 0 saturated heterocycles. The van der Waals surface area contributed by atoms with Gasteiger partial charge in [0.25, 0.3) is 0 Å². The smallest absolute Gasteiger partial charge is 0.433 e. The highest BCUT2D eigenvalue weighted by molar-refractivity contribution is 5.67. The fourth-order valence-electron chi connectivity index (χ4n) is 1.84. The number of rotatable bonds is 7. The molecular formula is C15H25N3O5. The Labute approximate surface area is 135 Å². The van der Waals surface area contributed by atoms with Crippen molar-refractivity contribution in [2.45, 2.75) is 52.8 Å². The van der Waals surface area contributed by atoms with E-state index in [0.717, 1.165) is 0 Å². The first-order valence-electron chi connectivity index (χ1n) is 7.52. The van der Waals surface area contributed by atoms with E-state index in [9.17, 15) is 14.9 Å². The van der Waals surface area contributed by atoms with Crippen molar-refractivity contribution in [1.82, 2.24) is 10.6 Å². The highest BCUT2D eigenvalue weighted by atomic mass is 16.6. The van der Waals surface area contributed by atoms with Gasteiger partial charge in [-0.2, -0.15) is 0 Å². The molecule has 0 aliphatic carbocycles. The molecule has 0 aliphatic rings. The number of ether oxygens (including phenoxy) is 1. The summed E-state index contributed by atoms with van der Waals surface area (Å²) in [7, 11) is 0. The van der Waals surface area contributed by atoms with Crippen LogP contribution in [0.2, 0.25) is 0 Å². The Morgan fingerprint density at radius 3 is 2.52 bits per heavy atom. The SMILES string of the molecule is CC(C)C(CNC(=O)OC(C)(C)C)NCc1ccc([N+](=O)[O-])o1. The Hall–Kier alpha value is -2.09. The van der Waals surface area contributed by atoms with E-state index in [1.54, 1.807) is 26.8 Å². The third kappa shape index (κ3) is 7.14. The van der Waals surface area contributed by atoms with E-state index >= 15 is 0 Å². The molecule has 2 N–H and O–H groups in total. The summed E-state index contributed by atoms with van der Waals surface area (Å²) >= 11 is 0.